The third kappa shape index (κ3) is 3.35. The summed E-state index contributed by atoms with van der Waals surface area (Å²) in [7, 11) is 0. The third-order valence-corrected chi connectivity index (χ3v) is 4.17. The monoisotopic (exact) mass is 250 g/mol. The van der Waals surface area contributed by atoms with Gasteiger partial charge in [-0.2, -0.15) is 13.2 Å². The highest BCUT2D eigenvalue weighted by Gasteiger charge is 2.39. The van der Waals surface area contributed by atoms with Gasteiger partial charge in [-0.15, -0.1) is 0 Å². The fraction of sp³-hybridized carbons (Fsp3) is 1.00. The molecule has 100 valence electrons. The van der Waals surface area contributed by atoms with E-state index in [-0.39, 0.29) is 13.1 Å². The molecule has 2 fully saturated rings. The van der Waals surface area contributed by atoms with E-state index in [0.29, 0.717) is 24.0 Å². The molecular formula is C12H21F3N2. The molecule has 0 aromatic rings. The maximum absolute atomic E-state index is 12.5. The molecular weight excluding hydrogens is 229 g/mol. The zero-order chi connectivity index (χ0) is 12.5. The number of halogens is 3. The molecule has 1 aliphatic heterocycles. The quantitative estimate of drug-likeness (QED) is 0.660. The molecule has 2 rings (SSSR count). The Morgan fingerprint density at radius 3 is 1.88 bits per heavy atom. The summed E-state index contributed by atoms with van der Waals surface area (Å²) in [6, 6.07) is 0.529. The summed E-state index contributed by atoms with van der Waals surface area (Å²) >= 11 is 0. The lowest BCUT2D eigenvalue weighted by Crippen LogP contribution is -2.54. The normalized spacial score (nSPS) is 33.9. The van der Waals surface area contributed by atoms with Crippen molar-refractivity contribution in [3.63, 3.8) is 0 Å². The van der Waals surface area contributed by atoms with Crippen LogP contribution in [0.1, 0.15) is 32.6 Å². The molecule has 2 nitrogen and oxygen atoms in total. The van der Waals surface area contributed by atoms with Gasteiger partial charge in [0.2, 0.25) is 0 Å². The zero-order valence-corrected chi connectivity index (χ0v) is 10.3. The topological polar surface area (TPSA) is 6.48 Å². The fourth-order valence-electron chi connectivity index (χ4n) is 2.95. The van der Waals surface area contributed by atoms with Crippen molar-refractivity contribution in [2.24, 2.45) is 5.92 Å². The molecule has 0 aromatic heterocycles. The summed E-state index contributed by atoms with van der Waals surface area (Å²) in [5.41, 5.74) is 0. The molecule has 0 bridgehead atoms. The molecule has 5 heteroatoms. The van der Waals surface area contributed by atoms with Gasteiger partial charge in [-0.05, 0) is 31.6 Å². The second kappa shape index (κ2) is 5.14. The highest BCUT2D eigenvalue weighted by Crippen LogP contribution is 2.29. The van der Waals surface area contributed by atoms with E-state index in [0.717, 1.165) is 18.8 Å². The van der Waals surface area contributed by atoms with Crippen LogP contribution in [0.5, 0.6) is 0 Å². The van der Waals surface area contributed by atoms with Gasteiger partial charge in [-0.3, -0.25) is 4.90 Å². The standard InChI is InChI=1S/C12H21F3N2/c1-10-2-4-11(5-3-10)16-6-8-17(9-7-16)12(13,14)15/h10-11H,2-9H2,1H3. The lowest BCUT2D eigenvalue weighted by molar-refractivity contribution is -0.253. The van der Waals surface area contributed by atoms with Gasteiger partial charge in [-0.25, -0.2) is 4.90 Å². The Morgan fingerprint density at radius 2 is 1.41 bits per heavy atom. The van der Waals surface area contributed by atoms with Crippen LogP contribution in [-0.4, -0.2) is 48.3 Å². The van der Waals surface area contributed by atoms with E-state index in [1.165, 1.54) is 12.8 Å². The smallest absolute Gasteiger partial charge is 0.298 e. The van der Waals surface area contributed by atoms with Gasteiger partial charge in [0, 0.05) is 32.2 Å². The summed E-state index contributed by atoms with van der Waals surface area (Å²) in [6.45, 7) is 3.67. The van der Waals surface area contributed by atoms with Crippen LogP contribution in [0.15, 0.2) is 0 Å². The van der Waals surface area contributed by atoms with Crippen molar-refractivity contribution in [2.75, 3.05) is 26.2 Å². The lowest BCUT2D eigenvalue weighted by atomic mass is 9.86. The number of piperazine rings is 1. The van der Waals surface area contributed by atoms with Crippen LogP contribution in [-0.2, 0) is 0 Å². The van der Waals surface area contributed by atoms with Crippen LogP contribution in [0, 0.1) is 5.92 Å². The zero-order valence-electron chi connectivity index (χ0n) is 10.3. The van der Waals surface area contributed by atoms with Crippen molar-refractivity contribution in [1.29, 1.82) is 0 Å². The summed E-state index contributed by atoms with van der Waals surface area (Å²) in [6.07, 6.45) is 0.627. The minimum Gasteiger partial charge on any atom is -0.298 e. The van der Waals surface area contributed by atoms with Gasteiger partial charge >= 0.3 is 6.30 Å². The molecule has 0 radical (unpaired) electrons. The Balaban J connectivity index is 1.79. The van der Waals surface area contributed by atoms with Crippen molar-refractivity contribution < 1.29 is 13.2 Å². The van der Waals surface area contributed by atoms with Gasteiger partial charge < -0.3 is 0 Å². The maximum atomic E-state index is 12.5. The third-order valence-electron chi connectivity index (χ3n) is 4.17. The van der Waals surface area contributed by atoms with E-state index < -0.39 is 6.30 Å². The second-order valence-corrected chi connectivity index (χ2v) is 5.40. The maximum Gasteiger partial charge on any atom is 0.460 e. The molecule has 0 amide bonds. The minimum atomic E-state index is -4.15. The van der Waals surface area contributed by atoms with E-state index in [1.54, 1.807) is 0 Å². The molecule has 1 aliphatic carbocycles. The summed E-state index contributed by atoms with van der Waals surface area (Å²) in [4.78, 5) is 2.89. The first kappa shape index (κ1) is 13.1. The number of nitrogens with zero attached hydrogens (tertiary/aromatic N) is 2. The van der Waals surface area contributed by atoms with E-state index in [2.05, 4.69) is 11.8 Å². The largest absolute Gasteiger partial charge is 0.460 e. The minimum absolute atomic E-state index is 0.134. The predicted octanol–water partition coefficient (Wildman–Crippen LogP) is 2.70. The van der Waals surface area contributed by atoms with Gasteiger partial charge in [0.15, 0.2) is 0 Å². The lowest BCUT2D eigenvalue weighted by Gasteiger charge is -2.41. The number of hydrogen-bond acceptors (Lipinski definition) is 2. The average molecular weight is 250 g/mol. The van der Waals surface area contributed by atoms with Crippen molar-refractivity contribution >= 4 is 0 Å². The van der Waals surface area contributed by atoms with E-state index in [4.69, 9.17) is 0 Å². The Bertz CT molecular complexity index is 239. The highest BCUT2D eigenvalue weighted by atomic mass is 19.4. The summed E-state index contributed by atoms with van der Waals surface area (Å²) in [5.74, 6) is 0.794. The van der Waals surface area contributed by atoms with Crippen LogP contribution in [0.25, 0.3) is 0 Å². The van der Waals surface area contributed by atoms with E-state index in [9.17, 15) is 13.2 Å². The molecule has 0 spiro atoms. The van der Waals surface area contributed by atoms with Crippen molar-refractivity contribution in [3.8, 4) is 0 Å². The molecule has 0 unspecified atom stereocenters. The fourth-order valence-corrected chi connectivity index (χ4v) is 2.95. The van der Waals surface area contributed by atoms with Crippen LogP contribution in [0.2, 0.25) is 0 Å². The molecule has 0 N–H and O–H groups in total. The van der Waals surface area contributed by atoms with Crippen molar-refractivity contribution in [2.45, 2.75) is 44.9 Å². The average Bonchev–Trinajstić information content (AvgIpc) is 2.29. The summed E-state index contributed by atoms with van der Waals surface area (Å²) in [5, 5.41) is 0. The Kier molecular flexibility index (Phi) is 3.98. The predicted molar refractivity (Wildman–Crippen MR) is 60.6 cm³/mol. The first-order chi connectivity index (χ1) is 7.97. The Morgan fingerprint density at radius 1 is 0.882 bits per heavy atom. The Hall–Kier alpha value is -0.290. The number of hydrogen-bond donors (Lipinski definition) is 0. The van der Waals surface area contributed by atoms with Crippen LogP contribution >= 0.6 is 0 Å². The van der Waals surface area contributed by atoms with Gasteiger partial charge in [0.25, 0.3) is 0 Å². The Labute approximate surface area is 101 Å². The van der Waals surface area contributed by atoms with E-state index >= 15 is 0 Å². The SMILES string of the molecule is CC1CCC(N2CCN(C(F)(F)F)CC2)CC1. The first-order valence-electron chi connectivity index (χ1n) is 6.52. The number of alkyl halides is 3. The molecule has 1 heterocycles. The molecule has 0 aromatic carbocycles. The van der Waals surface area contributed by atoms with Gasteiger partial charge in [0.1, 0.15) is 0 Å². The molecule has 1 saturated heterocycles. The molecule has 17 heavy (non-hydrogen) atoms. The first-order valence-corrected chi connectivity index (χ1v) is 6.52. The van der Waals surface area contributed by atoms with Crippen molar-refractivity contribution in [3.05, 3.63) is 0 Å². The van der Waals surface area contributed by atoms with Crippen LogP contribution < -0.4 is 0 Å². The van der Waals surface area contributed by atoms with Gasteiger partial charge in [0.05, 0.1) is 0 Å². The van der Waals surface area contributed by atoms with Gasteiger partial charge in [-0.1, -0.05) is 6.92 Å². The molecule has 0 atom stereocenters. The molecule has 2 aliphatic rings. The van der Waals surface area contributed by atoms with Crippen LogP contribution in [0.4, 0.5) is 13.2 Å². The summed E-state index contributed by atoms with van der Waals surface area (Å²) < 4.78 is 37.4. The second-order valence-electron chi connectivity index (χ2n) is 5.40. The van der Waals surface area contributed by atoms with Crippen LogP contribution in [0.3, 0.4) is 0 Å². The number of rotatable bonds is 1. The van der Waals surface area contributed by atoms with E-state index in [1.807, 2.05) is 0 Å². The highest BCUT2D eigenvalue weighted by molar-refractivity contribution is 4.82. The van der Waals surface area contributed by atoms with Crippen molar-refractivity contribution in [1.82, 2.24) is 9.80 Å². The molecule has 1 saturated carbocycles.